The van der Waals surface area contributed by atoms with E-state index in [0.29, 0.717) is 12.4 Å². The topological polar surface area (TPSA) is 73.6 Å². The summed E-state index contributed by atoms with van der Waals surface area (Å²) in [6.07, 6.45) is 12.2. The summed E-state index contributed by atoms with van der Waals surface area (Å²) in [7, 11) is 0. The van der Waals surface area contributed by atoms with E-state index < -0.39 is 4.92 Å². The quantitative estimate of drug-likeness (QED) is 0.101. The first-order valence-electron chi connectivity index (χ1n) is 13.6. The van der Waals surface area contributed by atoms with Crippen molar-refractivity contribution in [2.24, 2.45) is 0 Å². The fraction of sp³-hybridized carbons (Fsp3) is 0.419. The summed E-state index contributed by atoms with van der Waals surface area (Å²) in [5.74, 6) is 1.64. The standard InChI is InChI=1S/C31H40N2O4/c34-33(35)29-19-21-30(22-20-29)36-23-12-7-5-3-1-2-4-6-8-13-24-37-31-18-14-15-27(25-31)26-32-28-16-10-9-11-17-28/h9-11,14-22,25,32H,1-8,12-13,23-24,26H2. The van der Waals surface area contributed by atoms with Crippen LogP contribution in [0.2, 0.25) is 0 Å². The molecular weight excluding hydrogens is 464 g/mol. The molecule has 3 rings (SSSR count). The number of para-hydroxylation sites is 1. The van der Waals surface area contributed by atoms with Crippen LogP contribution in [-0.4, -0.2) is 18.1 Å². The number of benzene rings is 3. The smallest absolute Gasteiger partial charge is 0.269 e. The number of rotatable bonds is 19. The molecule has 0 atom stereocenters. The molecule has 0 heterocycles. The van der Waals surface area contributed by atoms with Crippen molar-refractivity contribution >= 4 is 11.4 Å². The average molecular weight is 505 g/mol. The summed E-state index contributed by atoms with van der Waals surface area (Å²) in [6, 6.07) is 24.9. The molecule has 0 fully saturated rings. The molecule has 0 amide bonds. The summed E-state index contributed by atoms with van der Waals surface area (Å²) in [4.78, 5) is 10.3. The van der Waals surface area contributed by atoms with Gasteiger partial charge in [0.15, 0.2) is 0 Å². The van der Waals surface area contributed by atoms with Gasteiger partial charge in [0.2, 0.25) is 0 Å². The lowest BCUT2D eigenvalue weighted by atomic mass is 10.1. The third-order valence-corrected chi connectivity index (χ3v) is 6.29. The van der Waals surface area contributed by atoms with Crippen LogP contribution in [-0.2, 0) is 6.54 Å². The molecule has 3 aromatic rings. The second-order valence-corrected chi connectivity index (χ2v) is 9.35. The van der Waals surface area contributed by atoms with E-state index in [1.807, 2.05) is 24.3 Å². The van der Waals surface area contributed by atoms with Crippen molar-refractivity contribution in [3.8, 4) is 11.5 Å². The van der Waals surface area contributed by atoms with Crippen LogP contribution in [0.3, 0.4) is 0 Å². The zero-order valence-corrected chi connectivity index (χ0v) is 21.8. The minimum atomic E-state index is -0.397. The highest BCUT2D eigenvalue weighted by atomic mass is 16.6. The van der Waals surface area contributed by atoms with Crippen molar-refractivity contribution in [2.75, 3.05) is 18.5 Å². The van der Waals surface area contributed by atoms with E-state index in [1.165, 1.54) is 62.6 Å². The van der Waals surface area contributed by atoms with Gasteiger partial charge in [0.1, 0.15) is 11.5 Å². The zero-order chi connectivity index (χ0) is 26.0. The van der Waals surface area contributed by atoms with E-state index >= 15 is 0 Å². The van der Waals surface area contributed by atoms with Gasteiger partial charge in [-0.2, -0.15) is 0 Å². The Kier molecular flexibility index (Phi) is 12.9. The van der Waals surface area contributed by atoms with Crippen molar-refractivity contribution < 1.29 is 14.4 Å². The number of non-ortho nitro benzene ring substituents is 1. The first-order valence-corrected chi connectivity index (χ1v) is 13.6. The fourth-order valence-corrected chi connectivity index (χ4v) is 4.17. The Bertz CT molecular complexity index is 1020. The molecule has 198 valence electrons. The summed E-state index contributed by atoms with van der Waals surface area (Å²) < 4.78 is 11.6. The number of nitrogens with one attached hydrogen (secondary N) is 1. The molecule has 0 aromatic heterocycles. The Balaban J connectivity index is 1.11. The second kappa shape index (κ2) is 17.0. The minimum absolute atomic E-state index is 0.0923. The maximum Gasteiger partial charge on any atom is 0.269 e. The van der Waals surface area contributed by atoms with Crippen LogP contribution in [0.5, 0.6) is 11.5 Å². The van der Waals surface area contributed by atoms with Gasteiger partial charge in [-0.3, -0.25) is 10.1 Å². The van der Waals surface area contributed by atoms with Crippen molar-refractivity contribution in [3.05, 3.63) is 94.5 Å². The van der Waals surface area contributed by atoms with Crippen LogP contribution < -0.4 is 14.8 Å². The van der Waals surface area contributed by atoms with Gasteiger partial charge in [-0.05, 0) is 54.8 Å². The maximum atomic E-state index is 10.7. The number of unbranched alkanes of at least 4 members (excludes halogenated alkanes) is 9. The van der Waals surface area contributed by atoms with Crippen LogP contribution in [0.4, 0.5) is 11.4 Å². The fourth-order valence-electron chi connectivity index (χ4n) is 4.17. The molecule has 37 heavy (non-hydrogen) atoms. The normalized spacial score (nSPS) is 10.7. The van der Waals surface area contributed by atoms with Gasteiger partial charge in [-0.25, -0.2) is 0 Å². The number of hydrogen-bond acceptors (Lipinski definition) is 5. The van der Waals surface area contributed by atoms with E-state index in [9.17, 15) is 10.1 Å². The largest absolute Gasteiger partial charge is 0.494 e. The molecule has 3 aromatic carbocycles. The van der Waals surface area contributed by atoms with Gasteiger partial charge >= 0.3 is 0 Å². The monoisotopic (exact) mass is 504 g/mol. The Morgan fingerprint density at radius 1 is 0.622 bits per heavy atom. The lowest BCUT2D eigenvalue weighted by Gasteiger charge is -2.10. The van der Waals surface area contributed by atoms with Gasteiger partial charge in [-0.1, -0.05) is 81.7 Å². The lowest BCUT2D eigenvalue weighted by Crippen LogP contribution is -2.01. The van der Waals surface area contributed by atoms with Gasteiger partial charge in [0, 0.05) is 24.4 Å². The zero-order valence-electron chi connectivity index (χ0n) is 21.8. The van der Waals surface area contributed by atoms with Crippen molar-refractivity contribution in [2.45, 2.75) is 70.8 Å². The lowest BCUT2D eigenvalue weighted by molar-refractivity contribution is -0.384. The van der Waals surface area contributed by atoms with E-state index in [2.05, 4.69) is 35.6 Å². The molecule has 0 bridgehead atoms. The van der Waals surface area contributed by atoms with Crippen LogP contribution in [0.25, 0.3) is 0 Å². The molecule has 0 saturated heterocycles. The number of nitro groups is 1. The van der Waals surface area contributed by atoms with E-state index in [4.69, 9.17) is 9.47 Å². The van der Waals surface area contributed by atoms with E-state index in [0.717, 1.165) is 43.9 Å². The Hall–Kier alpha value is -3.54. The van der Waals surface area contributed by atoms with Crippen LogP contribution in [0.1, 0.15) is 69.8 Å². The van der Waals surface area contributed by atoms with Gasteiger partial charge < -0.3 is 14.8 Å². The second-order valence-electron chi connectivity index (χ2n) is 9.35. The SMILES string of the molecule is O=[N+]([O-])c1ccc(OCCCCCCCCCCCCOc2cccc(CNc3ccccc3)c2)cc1. The molecule has 0 spiro atoms. The number of anilines is 1. The third kappa shape index (κ3) is 11.8. The summed E-state index contributed by atoms with van der Waals surface area (Å²) in [6.45, 7) is 2.23. The summed E-state index contributed by atoms with van der Waals surface area (Å²) in [5.41, 5.74) is 2.44. The maximum absolute atomic E-state index is 10.7. The molecule has 0 saturated carbocycles. The molecule has 1 N–H and O–H groups in total. The third-order valence-electron chi connectivity index (χ3n) is 6.29. The van der Waals surface area contributed by atoms with Gasteiger partial charge in [0.25, 0.3) is 5.69 Å². The molecule has 0 aliphatic carbocycles. The average Bonchev–Trinajstić information content (AvgIpc) is 2.93. The Morgan fingerprint density at radius 2 is 1.19 bits per heavy atom. The van der Waals surface area contributed by atoms with Gasteiger partial charge in [-0.15, -0.1) is 0 Å². The van der Waals surface area contributed by atoms with E-state index in [1.54, 1.807) is 12.1 Å². The summed E-state index contributed by atoms with van der Waals surface area (Å²) >= 11 is 0. The summed E-state index contributed by atoms with van der Waals surface area (Å²) in [5, 5.41) is 14.1. The molecule has 0 aliphatic rings. The first-order chi connectivity index (χ1) is 18.2. The van der Waals surface area contributed by atoms with Crippen LogP contribution in [0, 0.1) is 10.1 Å². The Morgan fingerprint density at radius 3 is 1.78 bits per heavy atom. The first kappa shape index (κ1) is 28.0. The number of ether oxygens (including phenoxy) is 2. The van der Waals surface area contributed by atoms with Gasteiger partial charge in [0.05, 0.1) is 18.1 Å². The minimum Gasteiger partial charge on any atom is -0.494 e. The Labute approximate surface area is 221 Å². The molecular formula is C31H40N2O4. The highest BCUT2D eigenvalue weighted by Gasteiger charge is 2.04. The van der Waals surface area contributed by atoms with Crippen LogP contribution in [0.15, 0.2) is 78.9 Å². The molecule has 0 unspecified atom stereocenters. The molecule has 0 aliphatic heterocycles. The molecule has 0 radical (unpaired) electrons. The predicted octanol–water partition coefficient (Wildman–Crippen LogP) is 8.57. The van der Waals surface area contributed by atoms with Crippen molar-refractivity contribution in [1.29, 1.82) is 0 Å². The molecule has 6 heteroatoms. The van der Waals surface area contributed by atoms with Crippen molar-refractivity contribution in [3.63, 3.8) is 0 Å². The predicted molar refractivity (Wildman–Crippen MR) is 150 cm³/mol. The van der Waals surface area contributed by atoms with E-state index in [-0.39, 0.29) is 5.69 Å². The number of nitro benzene ring substituents is 1. The highest BCUT2D eigenvalue weighted by Crippen LogP contribution is 2.19. The highest BCUT2D eigenvalue weighted by molar-refractivity contribution is 5.43. The number of hydrogen-bond donors (Lipinski definition) is 1. The molecule has 6 nitrogen and oxygen atoms in total. The number of nitrogens with zero attached hydrogens (tertiary/aromatic N) is 1. The van der Waals surface area contributed by atoms with Crippen molar-refractivity contribution in [1.82, 2.24) is 0 Å². The van der Waals surface area contributed by atoms with Crippen LogP contribution >= 0.6 is 0 Å².